The Morgan fingerprint density at radius 3 is 2.73 bits per heavy atom. The van der Waals surface area contributed by atoms with Gasteiger partial charge in [-0.1, -0.05) is 0 Å². The van der Waals surface area contributed by atoms with Crippen molar-refractivity contribution >= 4 is 31.6 Å². The Morgan fingerprint density at radius 1 is 1.53 bits per heavy atom. The van der Waals surface area contributed by atoms with Crippen LogP contribution in [-0.4, -0.2) is 31.2 Å². The molecule has 0 fully saturated rings. The van der Waals surface area contributed by atoms with Crippen LogP contribution in [0.5, 0.6) is 0 Å². The summed E-state index contributed by atoms with van der Waals surface area (Å²) in [6.45, 7) is 0. The van der Waals surface area contributed by atoms with E-state index in [2.05, 4.69) is 20.9 Å². The lowest BCUT2D eigenvalue weighted by Crippen LogP contribution is -2.11. The summed E-state index contributed by atoms with van der Waals surface area (Å²) in [5.74, 6) is -0.414. The quantitative estimate of drug-likeness (QED) is 0.788. The highest BCUT2D eigenvalue weighted by molar-refractivity contribution is 9.10. The zero-order chi connectivity index (χ0) is 11.5. The third-order valence-corrected chi connectivity index (χ3v) is 3.31. The average Bonchev–Trinajstić information content (AvgIpc) is 2.14. The summed E-state index contributed by atoms with van der Waals surface area (Å²) in [4.78, 5) is 15.4. The van der Waals surface area contributed by atoms with Crippen molar-refractivity contribution < 1.29 is 13.2 Å². The predicted molar refractivity (Wildman–Crippen MR) is 60.6 cm³/mol. The molecule has 0 atom stereocenters. The topological polar surface area (TPSA) is 64.1 Å². The summed E-state index contributed by atoms with van der Waals surface area (Å²) in [7, 11) is -3.10. The molecular formula is C9H10BrNO3S. The predicted octanol–water partition coefficient (Wildman–Crippen LogP) is 1.46. The van der Waals surface area contributed by atoms with Crippen molar-refractivity contribution in [2.75, 3.05) is 12.0 Å². The molecule has 0 spiro atoms. The number of hydrogen-bond acceptors (Lipinski definition) is 4. The number of pyridine rings is 1. The number of Topliss-reactive ketones (excluding diaryl/α,β-unsaturated/α-hetero) is 1. The SMILES string of the molecule is CS(=O)(=O)CCC(=O)c1ncccc1Br. The first-order chi connectivity index (χ1) is 6.90. The van der Waals surface area contributed by atoms with Gasteiger partial charge in [0.2, 0.25) is 0 Å². The van der Waals surface area contributed by atoms with Gasteiger partial charge in [-0.2, -0.15) is 0 Å². The molecule has 0 aliphatic heterocycles. The van der Waals surface area contributed by atoms with E-state index in [0.29, 0.717) is 4.47 Å². The van der Waals surface area contributed by atoms with Crippen molar-refractivity contribution in [1.82, 2.24) is 4.98 Å². The highest BCUT2D eigenvalue weighted by Gasteiger charge is 2.13. The summed E-state index contributed by atoms with van der Waals surface area (Å²) in [5, 5.41) is 0. The highest BCUT2D eigenvalue weighted by atomic mass is 79.9. The fourth-order valence-electron chi connectivity index (χ4n) is 0.987. The second kappa shape index (κ2) is 4.85. The number of rotatable bonds is 4. The van der Waals surface area contributed by atoms with Gasteiger partial charge in [-0.25, -0.2) is 8.42 Å². The number of hydrogen-bond donors (Lipinski definition) is 0. The zero-order valence-corrected chi connectivity index (χ0v) is 10.5. The summed E-state index contributed by atoms with van der Waals surface area (Å²) < 4.78 is 22.3. The molecule has 1 aromatic heterocycles. The minimum absolute atomic E-state index is 0.0333. The first kappa shape index (κ1) is 12.3. The number of aromatic nitrogens is 1. The smallest absolute Gasteiger partial charge is 0.183 e. The Hall–Kier alpha value is -0.750. The average molecular weight is 292 g/mol. The normalized spacial score (nSPS) is 11.3. The largest absolute Gasteiger partial charge is 0.292 e. The Bertz CT molecular complexity index is 470. The van der Waals surface area contributed by atoms with Crippen molar-refractivity contribution in [2.24, 2.45) is 0 Å². The molecule has 4 nitrogen and oxygen atoms in total. The number of ketones is 1. The van der Waals surface area contributed by atoms with Crippen LogP contribution in [0.25, 0.3) is 0 Å². The fraction of sp³-hybridized carbons (Fsp3) is 0.333. The lowest BCUT2D eigenvalue weighted by Gasteiger charge is -2.01. The first-order valence-corrected chi connectivity index (χ1v) is 7.07. The van der Waals surface area contributed by atoms with Crippen LogP contribution in [0.2, 0.25) is 0 Å². The molecule has 0 saturated carbocycles. The standard InChI is InChI=1S/C9H10BrNO3S/c1-15(13,14)6-4-8(12)9-7(10)3-2-5-11-9/h2-3,5H,4,6H2,1H3. The lowest BCUT2D eigenvalue weighted by molar-refractivity contribution is 0.0983. The van der Waals surface area contributed by atoms with Crippen molar-refractivity contribution in [1.29, 1.82) is 0 Å². The third kappa shape index (κ3) is 4.09. The second-order valence-electron chi connectivity index (χ2n) is 3.14. The zero-order valence-electron chi connectivity index (χ0n) is 8.10. The van der Waals surface area contributed by atoms with Gasteiger partial charge >= 0.3 is 0 Å². The number of carbonyl (C=O) groups is 1. The number of halogens is 1. The van der Waals surface area contributed by atoms with Crippen molar-refractivity contribution in [3.05, 3.63) is 28.5 Å². The van der Waals surface area contributed by atoms with Crippen LogP contribution < -0.4 is 0 Å². The Morgan fingerprint density at radius 2 is 2.20 bits per heavy atom. The van der Waals surface area contributed by atoms with E-state index in [9.17, 15) is 13.2 Å². The van der Waals surface area contributed by atoms with Gasteiger partial charge in [-0.15, -0.1) is 0 Å². The first-order valence-electron chi connectivity index (χ1n) is 4.21. The van der Waals surface area contributed by atoms with Crippen LogP contribution in [-0.2, 0) is 9.84 Å². The summed E-state index contributed by atoms with van der Waals surface area (Å²) in [5.41, 5.74) is 0.279. The summed E-state index contributed by atoms with van der Waals surface area (Å²) >= 11 is 3.18. The van der Waals surface area contributed by atoms with Crippen molar-refractivity contribution in [2.45, 2.75) is 6.42 Å². The highest BCUT2D eigenvalue weighted by Crippen LogP contribution is 2.15. The summed E-state index contributed by atoms with van der Waals surface area (Å²) in [6, 6.07) is 3.39. The van der Waals surface area contributed by atoms with E-state index in [-0.39, 0.29) is 23.7 Å². The monoisotopic (exact) mass is 291 g/mol. The molecule has 1 heterocycles. The van der Waals surface area contributed by atoms with Crippen LogP contribution >= 0.6 is 15.9 Å². The van der Waals surface area contributed by atoms with E-state index in [1.165, 1.54) is 6.20 Å². The molecule has 0 aromatic carbocycles. The van der Waals surface area contributed by atoms with Crippen LogP contribution in [0, 0.1) is 0 Å². The van der Waals surface area contributed by atoms with E-state index in [1.54, 1.807) is 12.1 Å². The van der Waals surface area contributed by atoms with E-state index < -0.39 is 9.84 Å². The molecule has 0 aliphatic carbocycles. The molecule has 82 valence electrons. The van der Waals surface area contributed by atoms with Crippen LogP contribution in [0.3, 0.4) is 0 Å². The van der Waals surface area contributed by atoms with Gasteiger partial charge in [-0.05, 0) is 28.1 Å². The maximum absolute atomic E-state index is 11.6. The van der Waals surface area contributed by atoms with Crippen LogP contribution in [0.1, 0.15) is 16.9 Å². The molecule has 0 amide bonds. The van der Waals surface area contributed by atoms with E-state index >= 15 is 0 Å². The van der Waals surface area contributed by atoms with Gasteiger partial charge in [0.05, 0.1) is 5.75 Å². The fourth-order valence-corrected chi connectivity index (χ4v) is 2.02. The van der Waals surface area contributed by atoms with Gasteiger partial charge in [0.25, 0.3) is 0 Å². The van der Waals surface area contributed by atoms with Gasteiger partial charge in [0.15, 0.2) is 5.78 Å². The molecule has 0 saturated heterocycles. The molecular weight excluding hydrogens is 282 g/mol. The Labute approximate surface area is 96.8 Å². The van der Waals surface area contributed by atoms with Gasteiger partial charge in [-0.3, -0.25) is 9.78 Å². The Balaban J connectivity index is 2.75. The molecule has 0 radical (unpaired) electrons. The van der Waals surface area contributed by atoms with Crippen molar-refractivity contribution in [3.8, 4) is 0 Å². The molecule has 0 unspecified atom stereocenters. The minimum atomic E-state index is -3.10. The number of nitrogens with zero attached hydrogens (tertiary/aromatic N) is 1. The number of sulfone groups is 1. The maximum Gasteiger partial charge on any atom is 0.183 e. The van der Waals surface area contributed by atoms with E-state index in [4.69, 9.17) is 0 Å². The maximum atomic E-state index is 11.6. The lowest BCUT2D eigenvalue weighted by atomic mass is 10.2. The van der Waals surface area contributed by atoms with Gasteiger partial charge < -0.3 is 0 Å². The van der Waals surface area contributed by atoms with E-state index in [0.717, 1.165) is 6.26 Å². The number of carbonyl (C=O) groups excluding carboxylic acids is 1. The molecule has 15 heavy (non-hydrogen) atoms. The molecule has 6 heteroatoms. The summed E-state index contributed by atoms with van der Waals surface area (Å²) in [6.07, 6.45) is 2.57. The van der Waals surface area contributed by atoms with E-state index in [1.807, 2.05) is 0 Å². The molecule has 1 aromatic rings. The Kier molecular flexibility index (Phi) is 3.98. The molecule has 0 bridgehead atoms. The third-order valence-electron chi connectivity index (χ3n) is 1.72. The van der Waals surface area contributed by atoms with Gasteiger partial charge in [0.1, 0.15) is 15.5 Å². The molecule has 0 aliphatic rings. The minimum Gasteiger partial charge on any atom is -0.292 e. The molecule has 0 N–H and O–H groups in total. The van der Waals surface area contributed by atoms with Crippen LogP contribution in [0.4, 0.5) is 0 Å². The second-order valence-corrected chi connectivity index (χ2v) is 6.25. The molecule has 1 rings (SSSR count). The van der Waals surface area contributed by atoms with Crippen LogP contribution in [0.15, 0.2) is 22.8 Å². The van der Waals surface area contributed by atoms with Crippen molar-refractivity contribution in [3.63, 3.8) is 0 Å². The van der Waals surface area contributed by atoms with Gasteiger partial charge in [0, 0.05) is 23.3 Å².